The van der Waals surface area contributed by atoms with Gasteiger partial charge in [-0.3, -0.25) is 4.68 Å². The van der Waals surface area contributed by atoms with Crippen molar-refractivity contribution in [3.05, 3.63) is 17.5 Å². The second-order valence-corrected chi connectivity index (χ2v) is 5.62. The Labute approximate surface area is 110 Å². The van der Waals surface area contributed by atoms with E-state index >= 15 is 0 Å². The molecule has 3 atom stereocenters. The highest BCUT2D eigenvalue weighted by Gasteiger charge is 2.32. The number of aliphatic hydroxyl groups excluding tert-OH is 1. The second kappa shape index (κ2) is 5.87. The molecule has 0 saturated heterocycles. The summed E-state index contributed by atoms with van der Waals surface area (Å²) in [6.45, 7) is 4.36. The number of hydrogen-bond acceptors (Lipinski definition) is 2. The molecular formula is C15H26N2O. The topological polar surface area (TPSA) is 38.0 Å². The highest BCUT2D eigenvalue weighted by atomic mass is 16.3. The summed E-state index contributed by atoms with van der Waals surface area (Å²) in [4.78, 5) is 0. The molecule has 3 unspecified atom stereocenters. The molecule has 0 spiro atoms. The van der Waals surface area contributed by atoms with E-state index in [0.717, 1.165) is 24.1 Å². The van der Waals surface area contributed by atoms with Crippen molar-refractivity contribution in [1.29, 1.82) is 0 Å². The largest absolute Gasteiger partial charge is 0.388 e. The summed E-state index contributed by atoms with van der Waals surface area (Å²) in [5, 5.41) is 15.2. The van der Waals surface area contributed by atoms with Crippen LogP contribution in [0.15, 0.2) is 6.20 Å². The van der Waals surface area contributed by atoms with E-state index in [2.05, 4.69) is 18.9 Å². The molecule has 102 valence electrons. The molecule has 0 radical (unpaired) electrons. The maximum atomic E-state index is 10.7. The van der Waals surface area contributed by atoms with Crippen molar-refractivity contribution < 1.29 is 5.11 Å². The lowest BCUT2D eigenvalue weighted by Crippen LogP contribution is -2.25. The van der Waals surface area contributed by atoms with Crippen LogP contribution in [-0.4, -0.2) is 14.9 Å². The second-order valence-electron chi connectivity index (χ2n) is 5.62. The van der Waals surface area contributed by atoms with E-state index in [1.54, 1.807) is 0 Å². The Bertz CT molecular complexity index is 386. The van der Waals surface area contributed by atoms with Gasteiger partial charge in [-0.15, -0.1) is 0 Å². The van der Waals surface area contributed by atoms with Gasteiger partial charge in [-0.1, -0.05) is 39.5 Å². The summed E-state index contributed by atoms with van der Waals surface area (Å²) in [6.07, 6.45) is 8.80. The van der Waals surface area contributed by atoms with Crippen LogP contribution in [-0.2, 0) is 13.5 Å². The van der Waals surface area contributed by atoms with Gasteiger partial charge >= 0.3 is 0 Å². The highest BCUT2D eigenvalue weighted by molar-refractivity contribution is 5.21. The fraction of sp³-hybridized carbons (Fsp3) is 0.800. The molecule has 3 heteroatoms. The zero-order valence-electron chi connectivity index (χ0n) is 11.9. The third-order valence-electron chi connectivity index (χ3n) is 4.49. The lowest BCUT2D eigenvalue weighted by Gasteiger charge is -2.34. The van der Waals surface area contributed by atoms with Gasteiger partial charge in [-0.25, -0.2) is 0 Å². The summed E-state index contributed by atoms with van der Waals surface area (Å²) in [5.41, 5.74) is 2.12. The van der Waals surface area contributed by atoms with Crippen LogP contribution in [0.5, 0.6) is 0 Å². The first-order chi connectivity index (χ1) is 8.67. The Kier molecular flexibility index (Phi) is 4.44. The Balaban J connectivity index is 2.20. The Morgan fingerprint density at radius 2 is 2.11 bits per heavy atom. The number of aromatic nitrogens is 2. The molecule has 0 aliphatic heterocycles. The summed E-state index contributed by atoms with van der Waals surface area (Å²) in [5.74, 6) is 1.11. The first kappa shape index (κ1) is 13.6. The molecule has 0 amide bonds. The third kappa shape index (κ3) is 2.61. The fourth-order valence-corrected chi connectivity index (χ4v) is 3.46. The molecule has 1 N–H and O–H groups in total. The van der Waals surface area contributed by atoms with E-state index in [0.29, 0.717) is 11.8 Å². The minimum atomic E-state index is -0.320. The fourth-order valence-electron chi connectivity index (χ4n) is 3.46. The van der Waals surface area contributed by atoms with E-state index in [4.69, 9.17) is 0 Å². The van der Waals surface area contributed by atoms with Gasteiger partial charge in [-0.05, 0) is 24.7 Å². The molecule has 3 nitrogen and oxygen atoms in total. The number of aliphatic hydroxyl groups is 1. The number of rotatable bonds is 4. The van der Waals surface area contributed by atoms with Crippen LogP contribution in [0.1, 0.15) is 63.3 Å². The summed E-state index contributed by atoms with van der Waals surface area (Å²) < 4.78 is 1.83. The number of aryl methyl sites for hydroxylation is 2. The summed E-state index contributed by atoms with van der Waals surface area (Å²) in [6, 6.07) is 0. The van der Waals surface area contributed by atoms with E-state index in [9.17, 15) is 5.11 Å². The van der Waals surface area contributed by atoms with Crippen molar-refractivity contribution in [2.45, 2.75) is 58.5 Å². The van der Waals surface area contributed by atoms with Crippen molar-refractivity contribution >= 4 is 0 Å². The van der Waals surface area contributed by atoms with Crippen molar-refractivity contribution in [3.63, 3.8) is 0 Å². The average Bonchev–Trinajstić information content (AvgIpc) is 2.79. The van der Waals surface area contributed by atoms with Crippen LogP contribution in [0.3, 0.4) is 0 Å². The quantitative estimate of drug-likeness (QED) is 0.891. The van der Waals surface area contributed by atoms with E-state index in [1.807, 2.05) is 17.9 Å². The van der Waals surface area contributed by atoms with Gasteiger partial charge < -0.3 is 5.11 Å². The Morgan fingerprint density at radius 1 is 1.39 bits per heavy atom. The van der Waals surface area contributed by atoms with Crippen LogP contribution in [0.4, 0.5) is 0 Å². The molecule has 1 saturated carbocycles. The molecule has 1 aliphatic rings. The first-order valence-electron chi connectivity index (χ1n) is 7.37. The van der Waals surface area contributed by atoms with Crippen LogP contribution >= 0.6 is 0 Å². The molecule has 1 aliphatic carbocycles. The van der Waals surface area contributed by atoms with E-state index in [-0.39, 0.29) is 6.10 Å². The average molecular weight is 250 g/mol. The molecule has 1 heterocycles. The van der Waals surface area contributed by atoms with E-state index < -0.39 is 0 Å². The predicted octanol–water partition coefficient (Wildman–Crippen LogP) is 3.23. The molecule has 0 aromatic carbocycles. The van der Waals surface area contributed by atoms with Crippen LogP contribution in [0.2, 0.25) is 0 Å². The standard InChI is InChI=1S/C15H26N2O/c1-4-11-8-6-7-9-12(11)15(18)13-10-17(3)16-14(13)5-2/h10-12,15,18H,4-9H2,1-3H3. The normalized spacial score (nSPS) is 26.2. The van der Waals surface area contributed by atoms with Crippen LogP contribution in [0.25, 0.3) is 0 Å². The van der Waals surface area contributed by atoms with Crippen molar-refractivity contribution in [1.82, 2.24) is 9.78 Å². The van der Waals surface area contributed by atoms with Gasteiger partial charge in [0.05, 0.1) is 11.8 Å². The van der Waals surface area contributed by atoms with Gasteiger partial charge in [0.2, 0.25) is 0 Å². The third-order valence-corrected chi connectivity index (χ3v) is 4.49. The Hall–Kier alpha value is -0.830. The van der Waals surface area contributed by atoms with Gasteiger partial charge in [0.15, 0.2) is 0 Å². The molecular weight excluding hydrogens is 224 g/mol. The summed E-state index contributed by atoms with van der Waals surface area (Å²) >= 11 is 0. The number of hydrogen-bond donors (Lipinski definition) is 1. The van der Waals surface area contributed by atoms with Gasteiger partial charge in [0.1, 0.15) is 0 Å². The molecule has 1 aromatic heterocycles. The predicted molar refractivity (Wildman–Crippen MR) is 73.3 cm³/mol. The summed E-state index contributed by atoms with van der Waals surface area (Å²) in [7, 11) is 1.94. The number of nitrogens with zero attached hydrogens (tertiary/aromatic N) is 2. The Morgan fingerprint density at radius 3 is 2.78 bits per heavy atom. The lowest BCUT2D eigenvalue weighted by atomic mass is 9.73. The molecule has 1 fully saturated rings. The van der Waals surface area contributed by atoms with Crippen LogP contribution in [0, 0.1) is 11.8 Å². The zero-order chi connectivity index (χ0) is 13.1. The minimum Gasteiger partial charge on any atom is -0.388 e. The molecule has 2 rings (SSSR count). The molecule has 0 bridgehead atoms. The lowest BCUT2D eigenvalue weighted by molar-refractivity contribution is 0.0446. The highest BCUT2D eigenvalue weighted by Crippen LogP contribution is 2.40. The van der Waals surface area contributed by atoms with Crippen molar-refractivity contribution in [2.24, 2.45) is 18.9 Å². The molecule has 18 heavy (non-hydrogen) atoms. The van der Waals surface area contributed by atoms with Gasteiger partial charge in [-0.2, -0.15) is 5.10 Å². The van der Waals surface area contributed by atoms with Crippen LogP contribution < -0.4 is 0 Å². The van der Waals surface area contributed by atoms with Crippen molar-refractivity contribution in [2.75, 3.05) is 0 Å². The first-order valence-corrected chi connectivity index (χ1v) is 7.37. The maximum absolute atomic E-state index is 10.7. The van der Waals surface area contributed by atoms with Gasteiger partial charge in [0.25, 0.3) is 0 Å². The minimum absolute atomic E-state index is 0.320. The zero-order valence-corrected chi connectivity index (χ0v) is 11.9. The molecule has 1 aromatic rings. The van der Waals surface area contributed by atoms with E-state index in [1.165, 1.54) is 25.7 Å². The smallest absolute Gasteiger partial charge is 0.0854 e. The maximum Gasteiger partial charge on any atom is 0.0854 e. The SMILES string of the molecule is CCc1nn(C)cc1C(O)C1CCCCC1CC. The van der Waals surface area contributed by atoms with Crippen molar-refractivity contribution in [3.8, 4) is 0 Å². The monoisotopic (exact) mass is 250 g/mol. The van der Waals surface area contributed by atoms with Gasteiger partial charge in [0, 0.05) is 18.8 Å².